The molecule has 2 aliphatic rings. The van der Waals surface area contributed by atoms with E-state index in [0.717, 1.165) is 47.7 Å². The van der Waals surface area contributed by atoms with Gasteiger partial charge in [0.15, 0.2) is 0 Å². The second-order valence-electron chi connectivity index (χ2n) is 9.47. The minimum atomic E-state index is 0.138. The highest BCUT2D eigenvalue weighted by Gasteiger charge is 2.27. The number of hydrogen-bond acceptors (Lipinski definition) is 4. The summed E-state index contributed by atoms with van der Waals surface area (Å²) in [6, 6.07) is 14.7. The molecule has 1 heterocycles. The Kier molecular flexibility index (Phi) is 7.87. The highest BCUT2D eigenvalue weighted by atomic mass is 79.9. The minimum Gasteiger partial charge on any atom is -0.376 e. The van der Waals surface area contributed by atoms with Gasteiger partial charge in [0.05, 0.1) is 6.54 Å². The van der Waals surface area contributed by atoms with Crippen LogP contribution in [-0.2, 0) is 24.3 Å². The summed E-state index contributed by atoms with van der Waals surface area (Å²) >= 11 is 3.49. The van der Waals surface area contributed by atoms with Gasteiger partial charge in [-0.05, 0) is 74.2 Å². The van der Waals surface area contributed by atoms with E-state index in [1.54, 1.807) is 0 Å². The average Bonchev–Trinajstić information content (AvgIpc) is 3.60. The molecule has 1 N–H and O–H groups in total. The highest BCUT2D eigenvalue weighted by molar-refractivity contribution is 9.10. The van der Waals surface area contributed by atoms with Crippen molar-refractivity contribution in [3.8, 4) is 0 Å². The second kappa shape index (κ2) is 10.8. The number of benzene rings is 2. The lowest BCUT2D eigenvalue weighted by atomic mass is 9.97. The molecule has 1 fully saturated rings. The standard InChI is InChI=1S/C26H35BrN4O/c1-29(2)14-15-31(18-21-8-10-23(27)11-9-21)26(32)16-28-25-5-3-4-22-19-30(13-12-24(22)25)17-20-6-7-20/h3-5,8-11,20,28H,6-7,12-19H2,1-2H3. The lowest BCUT2D eigenvalue weighted by molar-refractivity contribution is -0.130. The van der Waals surface area contributed by atoms with Gasteiger partial charge in [-0.15, -0.1) is 0 Å². The van der Waals surface area contributed by atoms with E-state index in [0.29, 0.717) is 19.6 Å². The molecule has 172 valence electrons. The van der Waals surface area contributed by atoms with Gasteiger partial charge in [-0.25, -0.2) is 0 Å². The van der Waals surface area contributed by atoms with Crippen molar-refractivity contribution >= 4 is 27.5 Å². The van der Waals surface area contributed by atoms with Crippen LogP contribution in [0.25, 0.3) is 0 Å². The second-order valence-corrected chi connectivity index (χ2v) is 10.4. The van der Waals surface area contributed by atoms with Crippen LogP contribution in [0.1, 0.15) is 29.5 Å². The lowest BCUT2D eigenvalue weighted by Gasteiger charge is -2.30. The van der Waals surface area contributed by atoms with Crippen molar-refractivity contribution in [1.82, 2.24) is 14.7 Å². The van der Waals surface area contributed by atoms with Crippen LogP contribution in [-0.4, -0.2) is 67.4 Å². The summed E-state index contributed by atoms with van der Waals surface area (Å²) in [5.74, 6) is 1.06. The van der Waals surface area contributed by atoms with Gasteiger partial charge in [0, 0.05) is 49.4 Å². The largest absolute Gasteiger partial charge is 0.376 e. The molecule has 0 unspecified atom stereocenters. The summed E-state index contributed by atoms with van der Waals surface area (Å²) < 4.78 is 1.05. The Hall–Kier alpha value is -1.89. The van der Waals surface area contributed by atoms with Crippen LogP contribution >= 0.6 is 15.9 Å². The molecule has 2 aromatic rings. The van der Waals surface area contributed by atoms with E-state index in [1.165, 1.54) is 30.5 Å². The van der Waals surface area contributed by atoms with Crippen LogP contribution in [0.2, 0.25) is 0 Å². The quantitative estimate of drug-likeness (QED) is 0.532. The van der Waals surface area contributed by atoms with Crippen molar-refractivity contribution < 1.29 is 4.79 Å². The first-order valence-corrected chi connectivity index (χ1v) is 12.5. The smallest absolute Gasteiger partial charge is 0.242 e. The number of anilines is 1. The number of carbonyl (C=O) groups is 1. The summed E-state index contributed by atoms with van der Waals surface area (Å²) in [7, 11) is 4.09. The van der Waals surface area contributed by atoms with Crippen LogP contribution in [0, 0.1) is 5.92 Å². The number of rotatable bonds is 10. The molecule has 2 aromatic carbocycles. The Labute approximate surface area is 200 Å². The summed E-state index contributed by atoms with van der Waals surface area (Å²) in [5, 5.41) is 3.47. The molecule has 32 heavy (non-hydrogen) atoms. The molecule has 1 aliphatic carbocycles. The summed E-state index contributed by atoms with van der Waals surface area (Å²) in [6.07, 6.45) is 3.86. The van der Waals surface area contributed by atoms with E-state index >= 15 is 0 Å². The predicted molar refractivity (Wildman–Crippen MR) is 135 cm³/mol. The Morgan fingerprint density at radius 2 is 1.91 bits per heavy atom. The predicted octanol–water partition coefficient (Wildman–Crippen LogP) is 4.22. The maximum absolute atomic E-state index is 13.2. The third-order valence-electron chi connectivity index (χ3n) is 6.44. The van der Waals surface area contributed by atoms with E-state index < -0.39 is 0 Å². The van der Waals surface area contributed by atoms with Crippen molar-refractivity contribution in [1.29, 1.82) is 0 Å². The molecular weight excluding hydrogens is 464 g/mol. The van der Waals surface area contributed by atoms with Crippen LogP contribution < -0.4 is 5.32 Å². The molecule has 0 aromatic heterocycles. The highest BCUT2D eigenvalue weighted by Crippen LogP contribution is 2.32. The Bertz CT molecular complexity index is 911. The van der Waals surface area contributed by atoms with E-state index in [-0.39, 0.29) is 5.91 Å². The minimum absolute atomic E-state index is 0.138. The van der Waals surface area contributed by atoms with Crippen molar-refractivity contribution in [2.45, 2.75) is 32.4 Å². The van der Waals surface area contributed by atoms with Crippen molar-refractivity contribution in [2.75, 3.05) is 52.1 Å². The summed E-state index contributed by atoms with van der Waals surface area (Å²) in [6.45, 7) is 5.91. The fraction of sp³-hybridized carbons (Fsp3) is 0.500. The number of nitrogens with zero attached hydrogens (tertiary/aromatic N) is 3. The third kappa shape index (κ3) is 6.56. The number of halogens is 1. The molecule has 5 nitrogen and oxygen atoms in total. The fourth-order valence-corrected chi connectivity index (χ4v) is 4.62. The number of fused-ring (bicyclic) bond motifs is 1. The van der Waals surface area contributed by atoms with E-state index in [2.05, 4.69) is 61.4 Å². The zero-order valence-corrected chi connectivity index (χ0v) is 20.9. The molecule has 1 amide bonds. The fourth-order valence-electron chi connectivity index (χ4n) is 4.36. The molecule has 4 rings (SSSR count). The molecule has 0 spiro atoms. The topological polar surface area (TPSA) is 38.8 Å². The molecule has 0 bridgehead atoms. The molecular formula is C26H35BrN4O. The number of amides is 1. The van der Waals surface area contributed by atoms with Crippen LogP contribution in [0.5, 0.6) is 0 Å². The van der Waals surface area contributed by atoms with Gasteiger partial charge in [0.2, 0.25) is 5.91 Å². The number of nitrogens with one attached hydrogen (secondary N) is 1. The monoisotopic (exact) mass is 498 g/mol. The summed E-state index contributed by atoms with van der Waals surface area (Å²) in [5.41, 5.74) is 5.07. The number of likely N-dealkylation sites (N-methyl/N-ethyl adjacent to an activating group) is 1. The average molecular weight is 499 g/mol. The van der Waals surface area contributed by atoms with Gasteiger partial charge in [-0.1, -0.05) is 40.2 Å². The van der Waals surface area contributed by atoms with Crippen LogP contribution in [0.4, 0.5) is 5.69 Å². The van der Waals surface area contributed by atoms with Gasteiger partial charge >= 0.3 is 0 Å². The first-order valence-electron chi connectivity index (χ1n) is 11.7. The number of carbonyl (C=O) groups excluding carboxylic acids is 1. The Balaban J connectivity index is 1.38. The third-order valence-corrected chi connectivity index (χ3v) is 6.97. The van der Waals surface area contributed by atoms with E-state index in [1.807, 2.05) is 31.1 Å². The van der Waals surface area contributed by atoms with Crippen LogP contribution in [0.15, 0.2) is 46.9 Å². The first kappa shape index (κ1) is 23.3. The Morgan fingerprint density at radius 3 is 2.62 bits per heavy atom. The van der Waals surface area contributed by atoms with E-state index in [9.17, 15) is 4.79 Å². The summed E-state index contributed by atoms with van der Waals surface area (Å²) in [4.78, 5) is 19.9. The molecule has 1 aliphatic heterocycles. The maximum atomic E-state index is 13.2. The number of hydrogen-bond donors (Lipinski definition) is 1. The molecule has 0 saturated heterocycles. The van der Waals surface area contributed by atoms with Crippen molar-refractivity contribution in [3.05, 3.63) is 63.6 Å². The molecule has 0 radical (unpaired) electrons. The van der Waals surface area contributed by atoms with Crippen molar-refractivity contribution in [2.24, 2.45) is 5.92 Å². The SMILES string of the molecule is CN(C)CCN(Cc1ccc(Br)cc1)C(=O)CNc1cccc2c1CCN(CC1CC1)C2. The zero-order valence-electron chi connectivity index (χ0n) is 19.3. The van der Waals surface area contributed by atoms with E-state index in [4.69, 9.17) is 0 Å². The first-order chi connectivity index (χ1) is 15.5. The molecule has 1 saturated carbocycles. The van der Waals surface area contributed by atoms with Gasteiger partial charge in [0.25, 0.3) is 0 Å². The normalized spacial score (nSPS) is 16.1. The van der Waals surface area contributed by atoms with Crippen LogP contribution in [0.3, 0.4) is 0 Å². The van der Waals surface area contributed by atoms with Gasteiger partial charge in [-0.3, -0.25) is 9.69 Å². The van der Waals surface area contributed by atoms with Gasteiger partial charge in [0.1, 0.15) is 0 Å². The maximum Gasteiger partial charge on any atom is 0.242 e. The molecule has 0 atom stereocenters. The zero-order chi connectivity index (χ0) is 22.5. The molecule has 6 heteroatoms. The lowest BCUT2D eigenvalue weighted by Crippen LogP contribution is -2.39. The van der Waals surface area contributed by atoms with Crippen molar-refractivity contribution in [3.63, 3.8) is 0 Å². The Morgan fingerprint density at radius 1 is 1.12 bits per heavy atom. The van der Waals surface area contributed by atoms with Gasteiger partial charge < -0.3 is 15.1 Å². The van der Waals surface area contributed by atoms with Gasteiger partial charge in [-0.2, -0.15) is 0 Å².